The maximum absolute atomic E-state index is 11.2. The van der Waals surface area contributed by atoms with Crippen LogP contribution < -0.4 is 4.72 Å². The third-order valence-corrected chi connectivity index (χ3v) is 3.95. The largest absolute Gasteiger partial charge is 0.358 e. The van der Waals surface area contributed by atoms with Gasteiger partial charge in [-0.25, -0.2) is 13.1 Å². The molecule has 1 heterocycles. The van der Waals surface area contributed by atoms with Gasteiger partial charge in [0.05, 0.1) is 6.26 Å². The van der Waals surface area contributed by atoms with Crippen LogP contribution in [0.25, 0.3) is 10.9 Å². The van der Waals surface area contributed by atoms with Gasteiger partial charge in [0, 0.05) is 29.1 Å². The van der Waals surface area contributed by atoms with Crippen molar-refractivity contribution in [2.75, 3.05) is 6.26 Å². The van der Waals surface area contributed by atoms with Crippen molar-refractivity contribution in [1.29, 1.82) is 0 Å². The number of H-pyrrole nitrogens is 1. The standard InChI is InChI=1S/C12H14N2O2S/c1-17(15,16)14-8-6-10-9-4-2-3-5-11(9)13-12(10)7-8/h2-5,8,13-14H,6-7H2,1H3. The van der Waals surface area contributed by atoms with Gasteiger partial charge in [-0.05, 0) is 18.1 Å². The van der Waals surface area contributed by atoms with Crippen molar-refractivity contribution in [3.63, 3.8) is 0 Å². The lowest BCUT2D eigenvalue weighted by Gasteiger charge is -2.09. The number of benzene rings is 1. The molecule has 0 saturated carbocycles. The highest BCUT2D eigenvalue weighted by molar-refractivity contribution is 7.88. The van der Waals surface area contributed by atoms with Crippen LogP contribution in [0.2, 0.25) is 0 Å². The Hall–Kier alpha value is -1.33. The molecule has 0 amide bonds. The van der Waals surface area contributed by atoms with Gasteiger partial charge in [-0.15, -0.1) is 0 Å². The number of para-hydroxylation sites is 1. The fraction of sp³-hybridized carbons (Fsp3) is 0.333. The number of fused-ring (bicyclic) bond motifs is 3. The van der Waals surface area contributed by atoms with Gasteiger partial charge in [0.2, 0.25) is 10.0 Å². The molecule has 1 aromatic carbocycles. The Morgan fingerprint density at radius 2 is 2.06 bits per heavy atom. The van der Waals surface area contributed by atoms with E-state index in [0.29, 0.717) is 0 Å². The molecule has 17 heavy (non-hydrogen) atoms. The Balaban J connectivity index is 1.94. The SMILES string of the molecule is CS(=O)(=O)NC1Cc2[nH]c3ccccc3c2C1. The highest BCUT2D eigenvalue weighted by Crippen LogP contribution is 2.29. The fourth-order valence-corrected chi connectivity index (χ4v) is 3.39. The lowest BCUT2D eigenvalue weighted by atomic mass is 10.1. The summed E-state index contributed by atoms with van der Waals surface area (Å²) < 4.78 is 25.1. The van der Waals surface area contributed by atoms with Gasteiger partial charge < -0.3 is 4.98 Å². The van der Waals surface area contributed by atoms with Gasteiger partial charge >= 0.3 is 0 Å². The maximum atomic E-state index is 11.2. The van der Waals surface area contributed by atoms with Gasteiger partial charge in [0.25, 0.3) is 0 Å². The van der Waals surface area contributed by atoms with Crippen LogP contribution in [0.3, 0.4) is 0 Å². The minimum atomic E-state index is -3.12. The van der Waals surface area contributed by atoms with Crippen molar-refractivity contribution in [3.05, 3.63) is 35.5 Å². The molecule has 1 aliphatic carbocycles. The van der Waals surface area contributed by atoms with Gasteiger partial charge in [-0.3, -0.25) is 0 Å². The molecule has 90 valence electrons. The van der Waals surface area contributed by atoms with E-state index in [2.05, 4.69) is 15.8 Å². The van der Waals surface area contributed by atoms with Crippen molar-refractivity contribution in [3.8, 4) is 0 Å². The zero-order chi connectivity index (χ0) is 12.0. The molecule has 0 radical (unpaired) electrons. The quantitative estimate of drug-likeness (QED) is 0.841. The normalized spacial score (nSPS) is 19.7. The molecule has 2 aromatic rings. The molecule has 0 fully saturated rings. The van der Waals surface area contributed by atoms with E-state index in [1.807, 2.05) is 18.2 Å². The smallest absolute Gasteiger partial charge is 0.208 e. The minimum Gasteiger partial charge on any atom is -0.358 e. The average molecular weight is 250 g/mol. The molecular weight excluding hydrogens is 236 g/mol. The molecule has 0 bridgehead atoms. The Labute approximate surface area is 100 Å². The molecule has 1 aromatic heterocycles. The molecule has 3 rings (SSSR count). The summed E-state index contributed by atoms with van der Waals surface area (Å²) in [5, 5.41) is 1.21. The summed E-state index contributed by atoms with van der Waals surface area (Å²) in [5.74, 6) is 0. The second-order valence-electron chi connectivity index (χ2n) is 4.62. The summed E-state index contributed by atoms with van der Waals surface area (Å²) in [6, 6.07) is 8.13. The number of rotatable bonds is 2. The zero-order valence-corrected chi connectivity index (χ0v) is 10.3. The number of aromatic nitrogens is 1. The average Bonchev–Trinajstić information content (AvgIpc) is 2.71. The predicted octanol–water partition coefficient (Wildman–Crippen LogP) is 1.18. The highest BCUT2D eigenvalue weighted by Gasteiger charge is 2.26. The molecule has 5 heteroatoms. The van der Waals surface area contributed by atoms with Gasteiger partial charge in [-0.2, -0.15) is 0 Å². The van der Waals surface area contributed by atoms with Crippen molar-refractivity contribution >= 4 is 20.9 Å². The summed E-state index contributed by atoms with van der Waals surface area (Å²) in [6.45, 7) is 0. The van der Waals surface area contributed by atoms with Crippen LogP contribution in [0.5, 0.6) is 0 Å². The minimum absolute atomic E-state index is 0.00384. The third kappa shape index (κ3) is 1.96. The van der Waals surface area contributed by atoms with Crippen molar-refractivity contribution in [1.82, 2.24) is 9.71 Å². The van der Waals surface area contributed by atoms with E-state index in [1.54, 1.807) is 0 Å². The first-order chi connectivity index (χ1) is 8.03. The van der Waals surface area contributed by atoms with Gasteiger partial charge in [0.15, 0.2) is 0 Å². The number of sulfonamides is 1. The summed E-state index contributed by atoms with van der Waals surface area (Å²) in [6.07, 6.45) is 2.72. The Morgan fingerprint density at radius 1 is 1.29 bits per heavy atom. The summed E-state index contributed by atoms with van der Waals surface area (Å²) >= 11 is 0. The summed E-state index contributed by atoms with van der Waals surface area (Å²) in [7, 11) is -3.12. The van der Waals surface area contributed by atoms with E-state index >= 15 is 0 Å². The van der Waals surface area contributed by atoms with E-state index in [0.717, 1.165) is 24.1 Å². The number of nitrogens with one attached hydrogen (secondary N) is 2. The molecular formula is C12H14N2O2S. The Kier molecular flexibility index (Phi) is 2.27. The van der Waals surface area contributed by atoms with Crippen molar-refractivity contribution in [2.24, 2.45) is 0 Å². The molecule has 1 atom stereocenters. The molecule has 1 unspecified atom stereocenters. The van der Waals surface area contributed by atoms with E-state index < -0.39 is 10.0 Å². The summed E-state index contributed by atoms with van der Waals surface area (Å²) in [4.78, 5) is 3.36. The molecule has 2 N–H and O–H groups in total. The number of aromatic amines is 1. The van der Waals surface area contributed by atoms with Crippen molar-refractivity contribution in [2.45, 2.75) is 18.9 Å². The second kappa shape index (κ2) is 3.58. The molecule has 0 spiro atoms. The Morgan fingerprint density at radius 3 is 2.82 bits per heavy atom. The first-order valence-electron chi connectivity index (χ1n) is 5.59. The van der Waals surface area contributed by atoms with Gasteiger partial charge in [0.1, 0.15) is 0 Å². The fourth-order valence-electron chi connectivity index (χ4n) is 2.61. The highest BCUT2D eigenvalue weighted by atomic mass is 32.2. The first kappa shape index (κ1) is 10.8. The van der Waals surface area contributed by atoms with Crippen LogP contribution >= 0.6 is 0 Å². The van der Waals surface area contributed by atoms with Crippen LogP contribution in [0, 0.1) is 0 Å². The number of hydrogen-bond acceptors (Lipinski definition) is 2. The lowest BCUT2D eigenvalue weighted by molar-refractivity contribution is 0.560. The topological polar surface area (TPSA) is 62.0 Å². The zero-order valence-electron chi connectivity index (χ0n) is 9.53. The third-order valence-electron chi connectivity index (χ3n) is 3.18. The second-order valence-corrected chi connectivity index (χ2v) is 6.40. The van der Waals surface area contributed by atoms with Crippen LogP contribution in [0.1, 0.15) is 11.3 Å². The Bertz CT molecular complexity index is 673. The van der Waals surface area contributed by atoms with Crippen LogP contribution in [-0.4, -0.2) is 25.7 Å². The maximum Gasteiger partial charge on any atom is 0.208 e. The number of hydrogen-bond donors (Lipinski definition) is 2. The molecule has 1 aliphatic rings. The molecule has 0 saturated heterocycles. The van der Waals surface area contributed by atoms with E-state index in [1.165, 1.54) is 17.2 Å². The van der Waals surface area contributed by atoms with Crippen molar-refractivity contribution < 1.29 is 8.42 Å². The summed E-state index contributed by atoms with van der Waals surface area (Å²) in [5.41, 5.74) is 3.55. The van der Waals surface area contributed by atoms with Crippen LogP contribution in [-0.2, 0) is 22.9 Å². The van der Waals surface area contributed by atoms with Crippen LogP contribution in [0.4, 0.5) is 0 Å². The molecule has 0 aliphatic heterocycles. The lowest BCUT2D eigenvalue weighted by Crippen LogP contribution is -2.34. The van der Waals surface area contributed by atoms with Gasteiger partial charge in [-0.1, -0.05) is 18.2 Å². The van der Waals surface area contributed by atoms with E-state index in [-0.39, 0.29) is 6.04 Å². The van der Waals surface area contributed by atoms with Crippen LogP contribution in [0.15, 0.2) is 24.3 Å². The van der Waals surface area contributed by atoms with E-state index in [9.17, 15) is 8.42 Å². The van der Waals surface area contributed by atoms with E-state index in [4.69, 9.17) is 0 Å². The molecule has 4 nitrogen and oxygen atoms in total. The predicted molar refractivity (Wildman–Crippen MR) is 67.5 cm³/mol. The monoisotopic (exact) mass is 250 g/mol. The first-order valence-corrected chi connectivity index (χ1v) is 7.48.